The number of phenols is 1. The zero-order valence-electron chi connectivity index (χ0n) is 8.24. The highest BCUT2D eigenvalue weighted by molar-refractivity contribution is 9.11. The van der Waals surface area contributed by atoms with E-state index in [1.165, 1.54) is 0 Å². The van der Waals surface area contributed by atoms with Crippen molar-refractivity contribution in [3.63, 3.8) is 0 Å². The van der Waals surface area contributed by atoms with E-state index in [0.29, 0.717) is 16.4 Å². The molecule has 0 saturated carbocycles. The number of hydrogen-bond acceptors (Lipinski definition) is 3. The van der Waals surface area contributed by atoms with Gasteiger partial charge in [0.05, 0.1) is 4.47 Å². The van der Waals surface area contributed by atoms with Gasteiger partial charge in [-0.05, 0) is 34.1 Å². The van der Waals surface area contributed by atoms with Crippen LogP contribution in [0.2, 0.25) is 0 Å². The van der Waals surface area contributed by atoms with E-state index in [2.05, 4.69) is 36.8 Å². The van der Waals surface area contributed by atoms with Crippen LogP contribution in [0, 0.1) is 0 Å². The Balaban J connectivity index is 2.71. The van der Waals surface area contributed by atoms with E-state index in [-0.39, 0.29) is 12.4 Å². The van der Waals surface area contributed by atoms with E-state index in [9.17, 15) is 5.11 Å². The number of phenolic OH excluding ortho intramolecular Hbond substituents is 1. The van der Waals surface area contributed by atoms with Crippen LogP contribution >= 0.6 is 31.9 Å². The Morgan fingerprint density at radius 1 is 1.19 bits per heavy atom. The van der Waals surface area contributed by atoms with E-state index < -0.39 is 0 Å². The van der Waals surface area contributed by atoms with Crippen LogP contribution in [0.15, 0.2) is 27.1 Å². The lowest BCUT2D eigenvalue weighted by Crippen LogP contribution is -1.95. The number of benzene rings is 1. The number of pyridine rings is 1. The van der Waals surface area contributed by atoms with E-state index in [0.717, 1.165) is 15.6 Å². The summed E-state index contributed by atoms with van der Waals surface area (Å²) in [5, 5.41) is 19.6. The molecule has 0 aliphatic carbocycles. The minimum absolute atomic E-state index is 0.0500. The minimum atomic E-state index is 0.0500. The van der Waals surface area contributed by atoms with Gasteiger partial charge in [-0.2, -0.15) is 0 Å². The van der Waals surface area contributed by atoms with Crippen molar-refractivity contribution in [3.8, 4) is 5.75 Å². The Hall–Kier alpha value is -0.650. The molecule has 1 aromatic heterocycles. The van der Waals surface area contributed by atoms with Crippen molar-refractivity contribution in [2.75, 3.05) is 6.61 Å². The number of aliphatic hydroxyl groups excluding tert-OH is 1. The molecule has 3 nitrogen and oxygen atoms in total. The van der Waals surface area contributed by atoms with Gasteiger partial charge in [-0.15, -0.1) is 0 Å². The molecular weight excluding hydrogens is 338 g/mol. The molecule has 1 heterocycles. The molecular formula is C11H9Br2NO2. The van der Waals surface area contributed by atoms with Crippen molar-refractivity contribution in [2.45, 2.75) is 6.42 Å². The SMILES string of the molecule is OCCc1ccc2c(Br)cc(Br)c(O)c2n1. The summed E-state index contributed by atoms with van der Waals surface area (Å²) in [6.45, 7) is 0.0500. The van der Waals surface area contributed by atoms with Crippen LogP contribution in [0.3, 0.4) is 0 Å². The van der Waals surface area contributed by atoms with Gasteiger partial charge in [0, 0.05) is 28.6 Å². The van der Waals surface area contributed by atoms with E-state index >= 15 is 0 Å². The van der Waals surface area contributed by atoms with Gasteiger partial charge in [0.2, 0.25) is 0 Å². The van der Waals surface area contributed by atoms with Crippen LogP contribution in [0.25, 0.3) is 10.9 Å². The van der Waals surface area contributed by atoms with Gasteiger partial charge in [0.1, 0.15) is 5.52 Å². The highest BCUT2D eigenvalue weighted by Gasteiger charge is 2.10. The van der Waals surface area contributed by atoms with E-state index in [4.69, 9.17) is 5.11 Å². The number of rotatable bonds is 2. The summed E-state index contributed by atoms with van der Waals surface area (Å²) < 4.78 is 1.47. The predicted molar refractivity (Wildman–Crippen MR) is 69.6 cm³/mol. The number of fused-ring (bicyclic) bond motifs is 1. The molecule has 2 N–H and O–H groups in total. The highest BCUT2D eigenvalue weighted by Crippen LogP contribution is 2.36. The third-order valence-electron chi connectivity index (χ3n) is 2.28. The molecule has 2 rings (SSSR count). The first-order valence-electron chi connectivity index (χ1n) is 4.71. The predicted octanol–water partition coefficient (Wildman–Crippen LogP) is 3.00. The molecule has 0 aliphatic rings. The molecule has 0 unspecified atom stereocenters. The van der Waals surface area contributed by atoms with Crippen molar-refractivity contribution in [1.29, 1.82) is 0 Å². The Morgan fingerprint density at radius 3 is 2.62 bits per heavy atom. The lowest BCUT2D eigenvalue weighted by Gasteiger charge is -2.07. The Bertz CT molecular complexity index is 543. The standard InChI is InChI=1S/C11H9Br2NO2/c12-8-5-9(13)11(16)10-7(8)2-1-6(14-10)3-4-15/h1-2,5,15-16H,3-4H2. The Morgan fingerprint density at radius 2 is 1.94 bits per heavy atom. The molecule has 16 heavy (non-hydrogen) atoms. The molecule has 0 atom stereocenters. The van der Waals surface area contributed by atoms with Gasteiger partial charge in [0.15, 0.2) is 5.75 Å². The topological polar surface area (TPSA) is 53.4 Å². The number of halogens is 2. The number of aromatic nitrogens is 1. The average Bonchev–Trinajstić information content (AvgIpc) is 2.26. The normalized spacial score (nSPS) is 10.9. The number of aromatic hydroxyl groups is 1. The maximum Gasteiger partial charge on any atom is 0.156 e. The summed E-state index contributed by atoms with van der Waals surface area (Å²) in [6.07, 6.45) is 0.486. The Kier molecular flexibility index (Phi) is 3.47. The molecule has 0 radical (unpaired) electrons. The first-order valence-corrected chi connectivity index (χ1v) is 6.29. The third kappa shape index (κ3) is 2.07. The van der Waals surface area contributed by atoms with Gasteiger partial charge in [0.25, 0.3) is 0 Å². The van der Waals surface area contributed by atoms with Crippen molar-refractivity contribution < 1.29 is 10.2 Å². The molecule has 0 aliphatic heterocycles. The van der Waals surface area contributed by atoms with Crippen molar-refractivity contribution in [2.24, 2.45) is 0 Å². The fraction of sp³-hybridized carbons (Fsp3) is 0.182. The fourth-order valence-corrected chi connectivity index (χ4v) is 2.77. The molecule has 0 spiro atoms. The lowest BCUT2D eigenvalue weighted by atomic mass is 10.1. The zero-order chi connectivity index (χ0) is 11.7. The number of aliphatic hydroxyl groups is 1. The second-order valence-electron chi connectivity index (χ2n) is 3.36. The molecule has 0 amide bonds. The summed E-state index contributed by atoms with van der Waals surface area (Å²) >= 11 is 6.68. The van der Waals surface area contributed by atoms with Gasteiger partial charge in [-0.25, -0.2) is 4.98 Å². The summed E-state index contributed by atoms with van der Waals surface area (Å²) in [6, 6.07) is 5.51. The lowest BCUT2D eigenvalue weighted by molar-refractivity contribution is 0.298. The van der Waals surface area contributed by atoms with Crippen molar-refractivity contribution in [1.82, 2.24) is 4.98 Å². The summed E-state index contributed by atoms with van der Waals surface area (Å²) in [4.78, 5) is 4.32. The maximum atomic E-state index is 9.88. The Labute approximate surface area is 109 Å². The van der Waals surface area contributed by atoms with Gasteiger partial charge in [-0.1, -0.05) is 15.9 Å². The van der Waals surface area contributed by atoms with Crippen LogP contribution in [-0.4, -0.2) is 21.8 Å². The van der Waals surface area contributed by atoms with Crippen LogP contribution < -0.4 is 0 Å². The second kappa shape index (κ2) is 4.69. The molecule has 84 valence electrons. The molecule has 0 saturated heterocycles. The smallest absolute Gasteiger partial charge is 0.156 e. The number of hydrogen-bond donors (Lipinski definition) is 2. The fourth-order valence-electron chi connectivity index (χ4n) is 1.50. The van der Waals surface area contributed by atoms with Gasteiger partial charge < -0.3 is 10.2 Å². The first kappa shape index (κ1) is 11.8. The van der Waals surface area contributed by atoms with E-state index in [1.807, 2.05) is 12.1 Å². The van der Waals surface area contributed by atoms with E-state index in [1.54, 1.807) is 6.07 Å². The van der Waals surface area contributed by atoms with Crippen LogP contribution in [-0.2, 0) is 6.42 Å². The third-order valence-corrected chi connectivity index (χ3v) is 3.54. The van der Waals surface area contributed by atoms with Gasteiger partial charge in [-0.3, -0.25) is 0 Å². The molecule has 1 aromatic carbocycles. The molecule has 2 aromatic rings. The first-order chi connectivity index (χ1) is 7.63. The molecule has 0 fully saturated rings. The quantitative estimate of drug-likeness (QED) is 0.878. The van der Waals surface area contributed by atoms with Crippen molar-refractivity contribution >= 4 is 42.8 Å². The number of nitrogens with zero attached hydrogens (tertiary/aromatic N) is 1. The largest absolute Gasteiger partial charge is 0.505 e. The highest BCUT2D eigenvalue weighted by atomic mass is 79.9. The monoisotopic (exact) mass is 345 g/mol. The average molecular weight is 347 g/mol. The maximum absolute atomic E-state index is 9.88. The van der Waals surface area contributed by atoms with Crippen LogP contribution in [0.5, 0.6) is 5.75 Å². The second-order valence-corrected chi connectivity index (χ2v) is 5.07. The van der Waals surface area contributed by atoms with Crippen molar-refractivity contribution in [3.05, 3.63) is 32.8 Å². The molecule has 0 bridgehead atoms. The van der Waals surface area contributed by atoms with Crippen LogP contribution in [0.4, 0.5) is 0 Å². The van der Waals surface area contributed by atoms with Crippen LogP contribution in [0.1, 0.15) is 5.69 Å². The molecule has 5 heteroatoms. The summed E-state index contributed by atoms with van der Waals surface area (Å²) in [5.74, 6) is 0.123. The summed E-state index contributed by atoms with van der Waals surface area (Å²) in [7, 11) is 0. The zero-order valence-corrected chi connectivity index (χ0v) is 11.4. The summed E-state index contributed by atoms with van der Waals surface area (Å²) in [5.41, 5.74) is 1.29. The minimum Gasteiger partial charge on any atom is -0.505 e. The van der Waals surface area contributed by atoms with Gasteiger partial charge >= 0.3 is 0 Å².